The number of aliphatic hydroxyl groups is 1. The van der Waals surface area contributed by atoms with Crippen LogP contribution in [0.3, 0.4) is 0 Å². The second kappa shape index (κ2) is 11.4. The highest BCUT2D eigenvalue weighted by Gasteiger charge is 2.21. The molecule has 32 heavy (non-hydrogen) atoms. The average molecular weight is 439 g/mol. The van der Waals surface area contributed by atoms with Crippen LogP contribution in [-0.4, -0.2) is 24.3 Å². The molecule has 172 valence electrons. The van der Waals surface area contributed by atoms with Crippen molar-refractivity contribution in [3.05, 3.63) is 71.1 Å². The van der Waals surface area contributed by atoms with Gasteiger partial charge in [0.2, 0.25) is 0 Å². The maximum absolute atomic E-state index is 15.1. The van der Waals surface area contributed by atoms with Crippen molar-refractivity contribution in [2.75, 3.05) is 13.2 Å². The van der Waals surface area contributed by atoms with Gasteiger partial charge in [-0.15, -0.1) is 0 Å². The van der Waals surface area contributed by atoms with Gasteiger partial charge in [0.05, 0.1) is 6.61 Å². The van der Waals surface area contributed by atoms with Crippen molar-refractivity contribution >= 4 is 5.97 Å². The summed E-state index contributed by atoms with van der Waals surface area (Å²) in [4.78, 5) is 11.6. The van der Waals surface area contributed by atoms with E-state index in [9.17, 15) is 9.90 Å². The number of carbonyl (C=O) groups excluding carboxylic acids is 1. The number of esters is 1. The highest BCUT2D eigenvalue weighted by Crippen LogP contribution is 2.37. The highest BCUT2D eigenvalue weighted by atomic mass is 19.1. The summed E-state index contributed by atoms with van der Waals surface area (Å²) < 4.78 is 20.3. The fraction of sp³-hybridized carbons (Fsp3) is 0.464. The summed E-state index contributed by atoms with van der Waals surface area (Å²) in [7, 11) is 0. The Balaban J connectivity index is 1.74. The summed E-state index contributed by atoms with van der Waals surface area (Å²) in [6.45, 7) is 7.86. The summed E-state index contributed by atoms with van der Waals surface area (Å²) in [6, 6.07) is 11.6. The molecule has 0 saturated heterocycles. The van der Waals surface area contributed by atoms with Crippen molar-refractivity contribution in [2.24, 2.45) is 5.92 Å². The molecule has 1 fully saturated rings. The Hall–Kier alpha value is -2.46. The lowest BCUT2D eigenvalue weighted by Gasteiger charge is -2.26. The summed E-state index contributed by atoms with van der Waals surface area (Å²) in [5.74, 6) is 0.663. The normalized spacial score (nSPS) is 18.4. The molecule has 0 heterocycles. The Morgan fingerprint density at radius 2 is 1.84 bits per heavy atom. The SMILES string of the molecule is C=C(C)C(=O)OCCCc1cc(-c2ccc(C3CCC(C)CC3)cc2F)ccc1CCO. The maximum Gasteiger partial charge on any atom is 0.333 e. The molecule has 4 heteroatoms. The van der Waals surface area contributed by atoms with E-state index in [0.29, 0.717) is 42.9 Å². The van der Waals surface area contributed by atoms with E-state index in [-0.39, 0.29) is 18.4 Å². The molecular formula is C28H35FO3. The summed E-state index contributed by atoms with van der Waals surface area (Å²) in [5, 5.41) is 9.41. The molecule has 1 aliphatic rings. The molecule has 3 nitrogen and oxygen atoms in total. The molecule has 0 radical (unpaired) electrons. The minimum absolute atomic E-state index is 0.0556. The van der Waals surface area contributed by atoms with Crippen molar-refractivity contribution in [1.82, 2.24) is 0 Å². The number of rotatable bonds is 9. The Labute approximate surface area is 191 Å². The topological polar surface area (TPSA) is 46.5 Å². The number of benzene rings is 2. The summed E-state index contributed by atoms with van der Waals surface area (Å²) in [6.07, 6.45) is 6.58. The zero-order valence-corrected chi connectivity index (χ0v) is 19.3. The quantitative estimate of drug-likeness (QED) is 0.281. The molecule has 0 aliphatic heterocycles. The van der Waals surface area contributed by atoms with E-state index < -0.39 is 0 Å². The molecule has 1 saturated carbocycles. The van der Waals surface area contributed by atoms with Crippen molar-refractivity contribution in [3.8, 4) is 11.1 Å². The molecule has 0 unspecified atom stereocenters. The average Bonchev–Trinajstić information content (AvgIpc) is 2.78. The second-order valence-corrected chi connectivity index (χ2v) is 9.17. The zero-order valence-electron chi connectivity index (χ0n) is 19.3. The molecule has 0 bridgehead atoms. The van der Waals surface area contributed by atoms with E-state index in [1.54, 1.807) is 13.0 Å². The fourth-order valence-electron chi connectivity index (χ4n) is 4.55. The number of halogens is 1. The number of aliphatic hydroxyl groups excluding tert-OH is 1. The van der Waals surface area contributed by atoms with Gasteiger partial charge in [0.15, 0.2) is 0 Å². The molecule has 1 aliphatic carbocycles. The van der Waals surface area contributed by atoms with Gasteiger partial charge in [-0.05, 0) is 79.2 Å². The van der Waals surface area contributed by atoms with Gasteiger partial charge in [0.1, 0.15) is 5.82 Å². The van der Waals surface area contributed by atoms with Crippen LogP contribution in [0.1, 0.15) is 68.6 Å². The largest absolute Gasteiger partial charge is 0.462 e. The van der Waals surface area contributed by atoms with Crippen molar-refractivity contribution < 1.29 is 19.0 Å². The Morgan fingerprint density at radius 3 is 2.50 bits per heavy atom. The predicted molar refractivity (Wildman–Crippen MR) is 127 cm³/mol. The zero-order chi connectivity index (χ0) is 23.1. The van der Waals surface area contributed by atoms with Crippen molar-refractivity contribution in [2.45, 2.75) is 64.7 Å². The van der Waals surface area contributed by atoms with E-state index in [1.165, 1.54) is 12.8 Å². The lowest BCUT2D eigenvalue weighted by atomic mass is 9.79. The van der Waals surface area contributed by atoms with E-state index in [2.05, 4.69) is 19.6 Å². The standard InChI is InChI=1S/C28H35FO3/c1-19(2)28(31)32-16-4-5-23-17-25(11-10-22(23)14-15-30)26-13-12-24(18-27(26)29)21-8-6-20(3)7-9-21/h10-13,17-18,20-21,30H,1,4-9,14-16H2,2-3H3. The number of hydrogen-bond acceptors (Lipinski definition) is 3. The lowest BCUT2D eigenvalue weighted by Crippen LogP contribution is -2.11. The van der Waals surface area contributed by atoms with E-state index in [4.69, 9.17) is 4.74 Å². The molecule has 2 aromatic rings. The van der Waals surface area contributed by atoms with Crippen LogP contribution in [0, 0.1) is 11.7 Å². The van der Waals surface area contributed by atoms with Crippen LogP contribution in [0.25, 0.3) is 11.1 Å². The number of carbonyl (C=O) groups is 1. The van der Waals surface area contributed by atoms with Crippen LogP contribution in [-0.2, 0) is 22.4 Å². The van der Waals surface area contributed by atoms with E-state index in [0.717, 1.165) is 41.0 Å². The molecule has 0 spiro atoms. The molecule has 0 amide bonds. The van der Waals surface area contributed by atoms with Crippen LogP contribution >= 0.6 is 0 Å². The summed E-state index contributed by atoms with van der Waals surface area (Å²) in [5.41, 5.74) is 5.01. The second-order valence-electron chi connectivity index (χ2n) is 9.17. The van der Waals surface area contributed by atoms with Gasteiger partial charge in [-0.2, -0.15) is 0 Å². The molecular weight excluding hydrogens is 403 g/mol. The monoisotopic (exact) mass is 438 g/mol. The molecule has 0 atom stereocenters. The van der Waals surface area contributed by atoms with Crippen LogP contribution in [0.2, 0.25) is 0 Å². The predicted octanol–water partition coefficient (Wildman–Crippen LogP) is 6.37. The smallest absolute Gasteiger partial charge is 0.333 e. The molecule has 0 aromatic heterocycles. The highest BCUT2D eigenvalue weighted by molar-refractivity contribution is 5.86. The van der Waals surface area contributed by atoms with Crippen LogP contribution in [0.4, 0.5) is 4.39 Å². The van der Waals surface area contributed by atoms with Crippen molar-refractivity contribution in [3.63, 3.8) is 0 Å². The van der Waals surface area contributed by atoms with Gasteiger partial charge in [-0.3, -0.25) is 0 Å². The minimum Gasteiger partial charge on any atom is -0.462 e. The molecule has 3 rings (SSSR count). The van der Waals surface area contributed by atoms with Gasteiger partial charge in [-0.1, -0.05) is 56.7 Å². The summed E-state index contributed by atoms with van der Waals surface area (Å²) >= 11 is 0. The molecule has 1 N–H and O–H groups in total. The lowest BCUT2D eigenvalue weighted by molar-refractivity contribution is -0.139. The van der Waals surface area contributed by atoms with Crippen LogP contribution in [0.15, 0.2) is 48.6 Å². The van der Waals surface area contributed by atoms with Gasteiger partial charge in [0.25, 0.3) is 0 Å². The number of ether oxygens (including phenoxy) is 1. The van der Waals surface area contributed by atoms with E-state index >= 15 is 4.39 Å². The first-order valence-electron chi connectivity index (χ1n) is 11.7. The van der Waals surface area contributed by atoms with Gasteiger partial charge in [-0.25, -0.2) is 9.18 Å². The Morgan fingerprint density at radius 1 is 1.09 bits per heavy atom. The maximum atomic E-state index is 15.1. The number of aryl methyl sites for hydroxylation is 1. The third kappa shape index (κ3) is 6.29. The Bertz CT molecular complexity index is 942. The minimum atomic E-state index is -0.385. The third-order valence-electron chi connectivity index (χ3n) is 6.55. The van der Waals surface area contributed by atoms with Gasteiger partial charge in [0, 0.05) is 17.7 Å². The van der Waals surface area contributed by atoms with Gasteiger partial charge < -0.3 is 9.84 Å². The van der Waals surface area contributed by atoms with Crippen LogP contribution in [0.5, 0.6) is 0 Å². The van der Waals surface area contributed by atoms with Crippen LogP contribution < -0.4 is 0 Å². The van der Waals surface area contributed by atoms with E-state index in [1.807, 2.05) is 24.3 Å². The first kappa shape index (κ1) is 24.2. The first-order chi connectivity index (χ1) is 15.4. The Kier molecular flexibility index (Phi) is 8.63. The first-order valence-corrected chi connectivity index (χ1v) is 11.7. The molecule has 2 aromatic carbocycles. The van der Waals surface area contributed by atoms with Gasteiger partial charge >= 0.3 is 5.97 Å². The third-order valence-corrected chi connectivity index (χ3v) is 6.55. The van der Waals surface area contributed by atoms with Crippen molar-refractivity contribution in [1.29, 1.82) is 0 Å². The fourth-order valence-corrected chi connectivity index (χ4v) is 4.55. The number of hydrogen-bond donors (Lipinski definition) is 1.